The average Bonchev–Trinajstić information content (AvgIpc) is 2.33. The van der Waals surface area contributed by atoms with E-state index < -0.39 is 5.24 Å². The molecule has 0 unspecified atom stereocenters. The van der Waals surface area contributed by atoms with Crippen molar-refractivity contribution in [2.45, 2.75) is 13.3 Å². The first-order valence-electron chi connectivity index (χ1n) is 5.64. The number of pyridine rings is 1. The zero-order valence-corrected chi connectivity index (χ0v) is 10.9. The topological polar surface area (TPSA) is 39.1 Å². The minimum absolute atomic E-state index is 0.123. The Hall–Kier alpha value is -1.94. The molecule has 0 aliphatic heterocycles. The van der Waals surface area contributed by atoms with Gasteiger partial charge in [0.05, 0.1) is 6.42 Å². The van der Waals surface area contributed by atoms with Gasteiger partial charge in [-0.05, 0) is 42.8 Å². The maximum atomic E-state index is 12.9. The molecule has 2 rings (SSSR count). The SMILES string of the molecule is Cc1cc(=O)c(CC(=O)Cl)cn1-c1ccc(F)cc1. The second kappa shape index (κ2) is 5.36. The molecule has 19 heavy (non-hydrogen) atoms. The number of aryl methyl sites for hydroxylation is 1. The number of hydrogen-bond donors (Lipinski definition) is 0. The lowest BCUT2D eigenvalue weighted by Crippen LogP contribution is -2.15. The molecule has 0 saturated carbocycles. The van der Waals surface area contributed by atoms with Gasteiger partial charge in [0, 0.05) is 29.2 Å². The van der Waals surface area contributed by atoms with E-state index in [-0.39, 0.29) is 17.7 Å². The van der Waals surface area contributed by atoms with Crippen LogP contribution in [-0.2, 0) is 11.2 Å². The summed E-state index contributed by atoms with van der Waals surface area (Å²) in [4.78, 5) is 22.6. The summed E-state index contributed by atoms with van der Waals surface area (Å²) in [6, 6.07) is 7.29. The molecule has 0 atom stereocenters. The van der Waals surface area contributed by atoms with E-state index in [4.69, 9.17) is 11.6 Å². The van der Waals surface area contributed by atoms with Crippen molar-refractivity contribution in [2.24, 2.45) is 0 Å². The van der Waals surface area contributed by atoms with Crippen LogP contribution in [-0.4, -0.2) is 9.81 Å². The molecule has 0 aliphatic rings. The highest BCUT2D eigenvalue weighted by molar-refractivity contribution is 6.63. The van der Waals surface area contributed by atoms with Gasteiger partial charge in [-0.15, -0.1) is 0 Å². The highest BCUT2D eigenvalue weighted by Crippen LogP contribution is 2.12. The predicted octanol–water partition coefficient (Wildman–Crippen LogP) is 2.59. The first-order valence-corrected chi connectivity index (χ1v) is 6.01. The molecule has 3 nitrogen and oxygen atoms in total. The van der Waals surface area contributed by atoms with E-state index >= 15 is 0 Å². The van der Waals surface area contributed by atoms with Crippen LogP contribution in [0.3, 0.4) is 0 Å². The summed E-state index contributed by atoms with van der Waals surface area (Å²) in [5, 5.41) is -0.591. The molecule has 0 saturated heterocycles. The van der Waals surface area contributed by atoms with Gasteiger partial charge in [0.1, 0.15) is 5.82 Å². The van der Waals surface area contributed by atoms with Crippen molar-refractivity contribution < 1.29 is 9.18 Å². The third-order valence-corrected chi connectivity index (χ3v) is 2.89. The van der Waals surface area contributed by atoms with Crippen LogP contribution in [0.2, 0.25) is 0 Å². The minimum Gasteiger partial charge on any atom is -0.321 e. The number of halogens is 2. The van der Waals surface area contributed by atoms with Gasteiger partial charge in [-0.2, -0.15) is 0 Å². The molecule has 0 bridgehead atoms. The summed E-state index contributed by atoms with van der Waals surface area (Å²) >= 11 is 5.31. The van der Waals surface area contributed by atoms with Crippen LogP contribution in [0.25, 0.3) is 5.69 Å². The lowest BCUT2D eigenvalue weighted by Gasteiger charge is -2.12. The Morgan fingerprint density at radius 1 is 1.32 bits per heavy atom. The number of rotatable bonds is 3. The molecule has 1 aromatic heterocycles. The molecule has 2 aromatic rings. The smallest absolute Gasteiger partial charge is 0.226 e. The number of aromatic nitrogens is 1. The fraction of sp³-hybridized carbons (Fsp3) is 0.143. The Morgan fingerprint density at radius 3 is 2.53 bits per heavy atom. The highest BCUT2D eigenvalue weighted by Gasteiger charge is 2.08. The molecular weight excluding hydrogens is 269 g/mol. The minimum atomic E-state index is -0.591. The summed E-state index contributed by atoms with van der Waals surface area (Å²) in [6.07, 6.45) is 1.44. The summed E-state index contributed by atoms with van der Waals surface area (Å²) in [5.41, 5.74) is 1.49. The van der Waals surface area contributed by atoms with Gasteiger partial charge < -0.3 is 4.57 Å². The maximum absolute atomic E-state index is 12.9. The number of benzene rings is 1. The van der Waals surface area contributed by atoms with Gasteiger partial charge in [0.15, 0.2) is 5.43 Å². The van der Waals surface area contributed by atoms with Crippen molar-refractivity contribution in [3.8, 4) is 5.69 Å². The number of carbonyl (C=O) groups is 1. The van der Waals surface area contributed by atoms with Crippen LogP contribution >= 0.6 is 11.6 Å². The number of carbonyl (C=O) groups excluding carboxylic acids is 1. The van der Waals surface area contributed by atoms with Crippen LogP contribution in [0, 0.1) is 12.7 Å². The lowest BCUT2D eigenvalue weighted by atomic mass is 10.2. The molecule has 0 aliphatic carbocycles. The van der Waals surface area contributed by atoms with Gasteiger partial charge >= 0.3 is 0 Å². The standard InChI is InChI=1S/C14H11ClFNO2/c1-9-6-13(18)10(7-14(15)19)8-17(9)12-4-2-11(16)3-5-12/h2-6,8H,7H2,1H3. The number of hydrogen-bond acceptors (Lipinski definition) is 2. The Morgan fingerprint density at radius 2 is 1.95 bits per heavy atom. The third kappa shape index (κ3) is 3.09. The Labute approximate surface area is 114 Å². The van der Waals surface area contributed by atoms with Gasteiger partial charge in [0.25, 0.3) is 0 Å². The number of nitrogens with zero attached hydrogens (tertiary/aromatic N) is 1. The van der Waals surface area contributed by atoms with Crippen molar-refractivity contribution in [3.63, 3.8) is 0 Å². The third-order valence-electron chi connectivity index (χ3n) is 2.76. The second-order valence-electron chi connectivity index (χ2n) is 4.18. The van der Waals surface area contributed by atoms with E-state index in [1.54, 1.807) is 29.8 Å². The normalized spacial score (nSPS) is 10.5. The summed E-state index contributed by atoms with van der Waals surface area (Å²) < 4.78 is 14.6. The molecule has 0 fully saturated rings. The maximum Gasteiger partial charge on any atom is 0.226 e. The predicted molar refractivity (Wildman–Crippen MR) is 71.3 cm³/mol. The van der Waals surface area contributed by atoms with Gasteiger partial charge in [-0.25, -0.2) is 4.39 Å². The van der Waals surface area contributed by atoms with Crippen LogP contribution in [0.1, 0.15) is 11.3 Å². The van der Waals surface area contributed by atoms with E-state index in [1.807, 2.05) is 0 Å². The van der Waals surface area contributed by atoms with Crippen molar-refractivity contribution in [2.75, 3.05) is 0 Å². The van der Waals surface area contributed by atoms with Crippen LogP contribution in [0.15, 0.2) is 41.3 Å². The van der Waals surface area contributed by atoms with E-state index in [2.05, 4.69) is 0 Å². The van der Waals surface area contributed by atoms with Crippen LogP contribution < -0.4 is 5.43 Å². The molecule has 0 N–H and O–H groups in total. The van der Waals surface area contributed by atoms with Crippen molar-refractivity contribution in [1.82, 2.24) is 4.57 Å². The van der Waals surface area contributed by atoms with E-state index in [1.165, 1.54) is 18.2 Å². The summed E-state index contributed by atoms with van der Waals surface area (Å²) in [7, 11) is 0. The Balaban J connectivity index is 2.54. The fourth-order valence-corrected chi connectivity index (χ4v) is 1.98. The zero-order valence-electron chi connectivity index (χ0n) is 10.2. The largest absolute Gasteiger partial charge is 0.321 e. The summed E-state index contributed by atoms with van der Waals surface area (Å²) in [5.74, 6) is -0.335. The average molecular weight is 280 g/mol. The van der Waals surface area contributed by atoms with Crippen molar-refractivity contribution in [1.29, 1.82) is 0 Å². The zero-order chi connectivity index (χ0) is 14.0. The van der Waals surface area contributed by atoms with E-state index in [0.717, 1.165) is 0 Å². The monoisotopic (exact) mass is 279 g/mol. The first kappa shape index (κ1) is 13.5. The Kier molecular flexibility index (Phi) is 3.81. The van der Waals surface area contributed by atoms with Gasteiger partial charge in [-0.1, -0.05) is 0 Å². The summed E-state index contributed by atoms with van der Waals surface area (Å²) in [6.45, 7) is 1.76. The van der Waals surface area contributed by atoms with E-state index in [9.17, 15) is 14.0 Å². The highest BCUT2D eigenvalue weighted by atomic mass is 35.5. The van der Waals surface area contributed by atoms with Crippen LogP contribution in [0.5, 0.6) is 0 Å². The van der Waals surface area contributed by atoms with Crippen LogP contribution in [0.4, 0.5) is 4.39 Å². The fourth-order valence-electron chi connectivity index (χ4n) is 1.84. The van der Waals surface area contributed by atoms with Crippen molar-refractivity contribution >= 4 is 16.8 Å². The molecule has 0 radical (unpaired) electrons. The molecule has 0 spiro atoms. The molecule has 98 valence electrons. The van der Waals surface area contributed by atoms with Gasteiger partial charge in [0.2, 0.25) is 5.24 Å². The first-order chi connectivity index (χ1) is 8.97. The molecule has 5 heteroatoms. The quantitative estimate of drug-likeness (QED) is 0.810. The van der Waals surface area contributed by atoms with Gasteiger partial charge in [-0.3, -0.25) is 9.59 Å². The molecular formula is C14H11ClFNO2. The molecule has 0 amide bonds. The Bertz CT molecular complexity index is 677. The molecule has 1 heterocycles. The second-order valence-corrected chi connectivity index (χ2v) is 4.60. The molecule has 1 aromatic carbocycles. The van der Waals surface area contributed by atoms with Crippen molar-refractivity contribution in [3.05, 3.63) is 63.8 Å². The lowest BCUT2D eigenvalue weighted by molar-refractivity contribution is -0.111. The van der Waals surface area contributed by atoms with E-state index in [0.29, 0.717) is 16.9 Å².